The summed E-state index contributed by atoms with van der Waals surface area (Å²) < 4.78 is 15.8. The third-order valence-electron chi connectivity index (χ3n) is 1.71. The first-order valence-electron chi connectivity index (χ1n) is 4.60. The van der Waals surface area contributed by atoms with Gasteiger partial charge in [-0.15, -0.1) is 0 Å². The Morgan fingerprint density at radius 2 is 2.21 bits per heavy atom. The van der Waals surface area contributed by atoms with Crippen LogP contribution in [0.1, 0.15) is 13.8 Å². The molecule has 1 aromatic carbocycles. The van der Waals surface area contributed by atoms with E-state index >= 15 is 0 Å². The summed E-state index contributed by atoms with van der Waals surface area (Å²) in [6.07, 6.45) is -0.281. The lowest BCUT2D eigenvalue weighted by Gasteiger charge is -2.15. The molecule has 0 fully saturated rings. The molecule has 0 amide bonds. The molecular formula is C11H15O3. The van der Waals surface area contributed by atoms with Crippen LogP contribution in [0.15, 0.2) is 18.2 Å². The predicted molar refractivity (Wildman–Crippen MR) is 53.5 cm³/mol. The third-order valence-corrected chi connectivity index (χ3v) is 1.71. The first kappa shape index (κ1) is 10.9. The Morgan fingerprint density at radius 3 is 2.86 bits per heavy atom. The van der Waals surface area contributed by atoms with Gasteiger partial charge in [0, 0.05) is 7.11 Å². The molecule has 14 heavy (non-hydrogen) atoms. The molecule has 0 aliphatic heterocycles. The maximum atomic E-state index is 5.48. The van der Waals surface area contributed by atoms with E-state index in [9.17, 15) is 0 Å². The van der Waals surface area contributed by atoms with Crippen LogP contribution in [-0.4, -0.2) is 20.0 Å². The number of hydrogen-bond acceptors (Lipinski definition) is 3. The van der Waals surface area contributed by atoms with Crippen molar-refractivity contribution in [2.75, 3.05) is 13.7 Å². The third kappa shape index (κ3) is 2.92. The summed E-state index contributed by atoms with van der Waals surface area (Å²) >= 11 is 0. The summed E-state index contributed by atoms with van der Waals surface area (Å²) in [4.78, 5) is 0. The Balaban J connectivity index is 2.73. The van der Waals surface area contributed by atoms with E-state index in [1.54, 1.807) is 25.3 Å². The van der Waals surface area contributed by atoms with Gasteiger partial charge in [0.15, 0.2) is 17.8 Å². The molecule has 3 nitrogen and oxygen atoms in total. The van der Waals surface area contributed by atoms with Crippen LogP contribution in [0.3, 0.4) is 0 Å². The van der Waals surface area contributed by atoms with E-state index in [-0.39, 0.29) is 6.29 Å². The molecule has 1 rings (SSSR count). The van der Waals surface area contributed by atoms with E-state index < -0.39 is 0 Å². The molecule has 0 aliphatic rings. The van der Waals surface area contributed by atoms with Gasteiger partial charge in [-0.25, -0.2) is 0 Å². The van der Waals surface area contributed by atoms with Crippen LogP contribution in [0.4, 0.5) is 0 Å². The molecule has 0 saturated carbocycles. The molecule has 3 heteroatoms. The quantitative estimate of drug-likeness (QED) is 0.674. The van der Waals surface area contributed by atoms with Crippen molar-refractivity contribution in [2.45, 2.75) is 20.1 Å². The smallest absolute Gasteiger partial charge is 0.196 e. The summed E-state index contributed by atoms with van der Waals surface area (Å²) in [5.74, 6) is 1.37. The summed E-state index contributed by atoms with van der Waals surface area (Å²) in [6, 6.07) is 8.27. The molecule has 1 aromatic rings. The maximum absolute atomic E-state index is 5.48. The lowest BCUT2D eigenvalue weighted by Crippen LogP contribution is -2.14. The summed E-state index contributed by atoms with van der Waals surface area (Å²) in [5, 5.41) is 0. The highest BCUT2D eigenvalue weighted by molar-refractivity contribution is 5.38. The van der Waals surface area contributed by atoms with Gasteiger partial charge in [-0.2, -0.15) is 0 Å². The van der Waals surface area contributed by atoms with Gasteiger partial charge in [0.2, 0.25) is 0 Å². The van der Waals surface area contributed by atoms with Crippen molar-refractivity contribution in [1.82, 2.24) is 0 Å². The minimum absolute atomic E-state index is 0.281. The van der Waals surface area contributed by atoms with E-state index in [0.717, 1.165) is 0 Å². The molecule has 0 aromatic heterocycles. The van der Waals surface area contributed by atoms with Gasteiger partial charge in [0.25, 0.3) is 0 Å². The summed E-state index contributed by atoms with van der Waals surface area (Å²) in [6.45, 7) is 4.36. The minimum atomic E-state index is -0.281. The molecule has 0 heterocycles. The molecule has 77 valence electrons. The molecule has 0 saturated heterocycles. The Labute approximate surface area is 84.6 Å². The van der Waals surface area contributed by atoms with E-state index in [4.69, 9.17) is 14.2 Å². The number of hydrogen-bond donors (Lipinski definition) is 0. The van der Waals surface area contributed by atoms with Gasteiger partial charge in [-0.05, 0) is 32.0 Å². The summed E-state index contributed by atoms with van der Waals surface area (Å²) in [5.41, 5.74) is 0. The fourth-order valence-electron chi connectivity index (χ4n) is 0.993. The van der Waals surface area contributed by atoms with Crippen molar-refractivity contribution < 1.29 is 14.2 Å². The Morgan fingerprint density at radius 1 is 1.43 bits per heavy atom. The molecule has 0 aliphatic carbocycles. The highest BCUT2D eigenvalue weighted by atomic mass is 16.7. The van der Waals surface area contributed by atoms with E-state index in [1.165, 1.54) is 0 Å². The first-order valence-corrected chi connectivity index (χ1v) is 4.60. The zero-order valence-electron chi connectivity index (χ0n) is 8.74. The van der Waals surface area contributed by atoms with E-state index in [1.807, 2.05) is 13.8 Å². The average Bonchev–Trinajstić information content (AvgIpc) is 2.21. The van der Waals surface area contributed by atoms with Gasteiger partial charge in [-0.1, -0.05) is 6.07 Å². The van der Waals surface area contributed by atoms with Crippen molar-refractivity contribution in [3.8, 4) is 11.5 Å². The molecule has 1 unspecified atom stereocenters. The zero-order chi connectivity index (χ0) is 10.4. The van der Waals surface area contributed by atoms with Gasteiger partial charge < -0.3 is 14.2 Å². The second-order valence-corrected chi connectivity index (χ2v) is 2.73. The van der Waals surface area contributed by atoms with Crippen LogP contribution in [0.2, 0.25) is 0 Å². The standard InChI is InChI=1S/C11H15O3/c1-4-13-10-7-5-6-8-11(10)14-9(2)12-3/h6-9H,4H2,1-3H3. The normalized spacial score (nSPS) is 12.2. The summed E-state index contributed by atoms with van der Waals surface area (Å²) in [7, 11) is 1.60. The largest absolute Gasteiger partial charge is 0.490 e. The number of benzene rings is 1. The fraction of sp³-hybridized carbons (Fsp3) is 0.455. The number of rotatable bonds is 5. The Bertz CT molecular complexity index is 273. The van der Waals surface area contributed by atoms with Crippen molar-refractivity contribution >= 4 is 0 Å². The average molecular weight is 195 g/mol. The lowest BCUT2D eigenvalue weighted by molar-refractivity contribution is -0.0397. The van der Waals surface area contributed by atoms with Crippen LogP contribution in [0, 0.1) is 6.07 Å². The highest BCUT2D eigenvalue weighted by Crippen LogP contribution is 2.26. The lowest BCUT2D eigenvalue weighted by atomic mass is 10.3. The van der Waals surface area contributed by atoms with Crippen LogP contribution in [-0.2, 0) is 4.74 Å². The molecule has 0 spiro atoms. The van der Waals surface area contributed by atoms with Crippen LogP contribution in [0.5, 0.6) is 11.5 Å². The maximum Gasteiger partial charge on any atom is 0.196 e. The fourth-order valence-corrected chi connectivity index (χ4v) is 0.993. The van der Waals surface area contributed by atoms with E-state index in [2.05, 4.69) is 6.07 Å². The van der Waals surface area contributed by atoms with E-state index in [0.29, 0.717) is 18.1 Å². The van der Waals surface area contributed by atoms with Gasteiger partial charge in [-0.3, -0.25) is 0 Å². The number of methoxy groups -OCH3 is 1. The number of ether oxygens (including phenoxy) is 3. The molecular weight excluding hydrogens is 180 g/mol. The molecule has 1 atom stereocenters. The van der Waals surface area contributed by atoms with Crippen LogP contribution >= 0.6 is 0 Å². The second kappa shape index (κ2) is 5.50. The van der Waals surface area contributed by atoms with Crippen LogP contribution < -0.4 is 9.47 Å². The zero-order valence-corrected chi connectivity index (χ0v) is 8.74. The van der Waals surface area contributed by atoms with Crippen molar-refractivity contribution in [3.63, 3.8) is 0 Å². The SMILES string of the molecule is CCOc1c[c]ccc1OC(C)OC. The Hall–Kier alpha value is -1.22. The van der Waals surface area contributed by atoms with Gasteiger partial charge >= 0.3 is 0 Å². The predicted octanol–water partition coefficient (Wildman–Crippen LogP) is 2.26. The highest BCUT2D eigenvalue weighted by Gasteiger charge is 2.06. The van der Waals surface area contributed by atoms with Gasteiger partial charge in [0.1, 0.15) is 0 Å². The monoisotopic (exact) mass is 195 g/mol. The second-order valence-electron chi connectivity index (χ2n) is 2.73. The topological polar surface area (TPSA) is 27.7 Å². The first-order chi connectivity index (χ1) is 6.77. The molecule has 0 N–H and O–H groups in total. The van der Waals surface area contributed by atoms with Crippen molar-refractivity contribution in [1.29, 1.82) is 0 Å². The van der Waals surface area contributed by atoms with Crippen LogP contribution in [0.25, 0.3) is 0 Å². The molecule has 0 bridgehead atoms. The van der Waals surface area contributed by atoms with Crippen molar-refractivity contribution in [3.05, 3.63) is 24.3 Å². The Kier molecular flexibility index (Phi) is 4.26. The molecule has 1 radical (unpaired) electrons. The minimum Gasteiger partial charge on any atom is -0.490 e. The van der Waals surface area contributed by atoms with Crippen molar-refractivity contribution in [2.24, 2.45) is 0 Å². The van der Waals surface area contributed by atoms with Gasteiger partial charge in [0.05, 0.1) is 6.61 Å².